The first-order chi connectivity index (χ1) is 8.00. The number of nitro groups is 1. The molecule has 0 unspecified atom stereocenters. The molecule has 0 fully saturated rings. The first-order valence-electron chi connectivity index (χ1n) is 4.70. The zero-order chi connectivity index (χ0) is 12.6. The van der Waals surface area contributed by atoms with Gasteiger partial charge in [-0.1, -0.05) is 0 Å². The molecule has 0 atom stereocenters. The number of anilines is 1. The van der Waals surface area contributed by atoms with E-state index in [2.05, 4.69) is 21.0 Å². The highest BCUT2D eigenvalue weighted by atomic mass is 79.9. The van der Waals surface area contributed by atoms with E-state index in [1.165, 1.54) is 10.9 Å². The molecule has 0 aliphatic carbocycles. The number of rotatable bonds is 3. The summed E-state index contributed by atoms with van der Waals surface area (Å²) in [6.45, 7) is 1.79. The van der Waals surface area contributed by atoms with Crippen LogP contribution in [0.4, 0.5) is 11.5 Å². The van der Waals surface area contributed by atoms with Gasteiger partial charge in [-0.05, 0) is 28.9 Å². The van der Waals surface area contributed by atoms with Gasteiger partial charge in [0.1, 0.15) is 18.0 Å². The largest absolute Gasteiger partial charge is 0.466 e. The van der Waals surface area contributed by atoms with E-state index < -0.39 is 4.92 Å². The van der Waals surface area contributed by atoms with Crippen molar-refractivity contribution in [3.63, 3.8) is 0 Å². The first-order valence-corrected chi connectivity index (χ1v) is 5.49. The van der Waals surface area contributed by atoms with Gasteiger partial charge in [0.2, 0.25) is 5.82 Å². The van der Waals surface area contributed by atoms with Gasteiger partial charge in [-0.2, -0.15) is 5.10 Å². The minimum atomic E-state index is -0.536. The lowest BCUT2D eigenvalue weighted by Gasteiger charge is -2.00. The second-order valence-corrected chi connectivity index (χ2v) is 4.28. The van der Waals surface area contributed by atoms with Crippen LogP contribution in [-0.4, -0.2) is 14.7 Å². The number of nitrogens with two attached hydrogens (primary N) is 1. The molecule has 7 nitrogen and oxygen atoms in total. The number of aromatic nitrogens is 2. The van der Waals surface area contributed by atoms with E-state index in [-0.39, 0.29) is 23.7 Å². The van der Waals surface area contributed by atoms with Crippen molar-refractivity contribution in [2.75, 3.05) is 5.73 Å². The highest BCUT2D eigenvalue weighted by Gasteiger charge is 2.23. The lowest BCUT2D eigenvalue weighted by Crippen LogP contribution is -2.06. The van der Waals surface area contributed by atoms with Crippen LogP contribution in [0.5, 0.6) is 0 Å². The van der Waals surface area contributed by atoms with E-state index >= 15 is 0 Å². The van der Waals surface area contributed by atoms with Crippen LogP contribution in [0.3, 0.4) is 0 Å². The van der Waals surface area contributed by atoms with Crippen molar-refractivity contribution in [1.29, 1.82) is 0 Å². The number of aryl methyl sites for hydroxylation is 1. The van der Waals surface area contributed by atoms with E-state index in [0.29, 0.717) is 5.76 Å². The Morgan fingerprint density at radius 3 is 2.88 bits per heavy atom. The fourth-order valence-electron chi connectivity index (χ4n) is 1.51. The third-order valence-corrected chi connectivity index (χ3v) is 3.01. The topological polar surface area (TPSA) is 100 Å². The Kier molecular flexibility index (Phi) is 2.88. The molecule has 0 bridgehead atoms. The minimum absolute atomic E-state index is 0.0239. The molecule has 0 spiro atoms. The van der Waals surface area contributed by atoms with Gasteiger partial charge < -0.3 is 10.2 Å². The maximum atomic E-state index is 10.8. The normalized spacial score (nSPS) is 10.7. The predicted octanol–water partition coefficient (Wildman–Crippen LogP) is 2.09. The van der Waals surface area contributed by atoms with E-state index in [0.717, 1.165) is 4.47 Å². The van der Waals surface area contributed by atoms with Crippen molar-refractivity contribution in [3.05, 3.63) is 38.4 Å². The van der Waals surface area contributed by atoms with Gasteiger partial charge in [0.05, 0.1) is 15.7 Å². The molecule has 2 rings (SSSR count). The standard InChI is InChI=1S/C9H9BrN4O3/c1-5-8(14(15)16)9(11)13(12-5)4-7-6(10)2-3-17-7/h2-3H,4,11H2,1H3. The van der Waals surface area contributed by atoms with Gasteiger partial charge in [-0.15, -0.1) is 0 Å². The number of halogens is 1. The molecule has 17 heavy (non-hydrogen) atoms. The zero-order valence-corrected chi connectivity index (χ0v) is 10.5. The van der Waals surface area contributed by atoms with E-state index in [1.54, 1.807) is 13.0 Å². The summed E-state index contributed by atoms with van der Waals surface area (Å²) >= 11 is 3.29. The summed E-state index contributed by atoms with van der Waals surface area (Å²) in [7, 11) is 0. The number of nitrogen functional groups attached to an aromatic ring is 1. The monoisotopic (exact) mass is 300 g/mol. The van der Waals surface area contributed by atoms with E-state index in [1.807, 2.05) is 0 Å². The van der Waals surface area contributed by atoms with Crippen molar-refractivity contribution in [1.82, 2.24) is 9.78 Å². The van der Waals surface area contributed by atoms with Gasteiger partial charge in [-0.25, -0.2) is 4.68 Å². The van der Waals surface area contributed by atoms with Crippen LogP contribution >= 0.6 is 15.9 Å². The molecular formula is C9H9BrN4O3. The Labute approximate surface area is 104 Å². The second-order valence-electron chi connectivity index (χ2n) is 3.43. The Morgan fingerprint density at radius 1 is 1.71 bits per heavy atom. The molecule has 2 aromatic rings. The Hall–Kier alpha value is -1.83. The van der Waals surface area contributed by atoms with E-state index in [9.17, 15) is 10.1 Å². The average molecular weight is 301 g/mol. The number of hydrogen-bond acceptors (Lipinski definition) is 5. The molecule has 0 radical (unpaired) electrons. The first kappa shape index (κ1) is 11.6. The molecule has 8 heteroatoms. The summed E-state index contributed by atoms with van der Waals surface area (Å²) in [6.07, 6.45) is 1.51. The molecule has 90 valence electrons. The molecule has 0 aliphatic rings. The molecule has 2 aromatic heterocycles. The van der Waals surface area contributed by atoms with Crippen molar-refractivity contribution >= 4 is 27.4 Å². The molecule has 2 N–H and O–H groups in total. The van der Waals surface area contributed by atoms with Gasteiger partial charge >= 0.3 is 5.69 Å². The molecule has 0 aromatic carbocycles. The third kappa shape index (κ3) is 2.03. The highest BCUT2D eigenvalue weighted by molar-refractivity contribution is 9.10. The summed E-state index contributed by atoms with van der Waals surface area (Å²) in [4.78, 5) is 10.2. The summed E-state index contributed by atoms with van der Waals surface area (Å²) in [5.41, 5.74) is 5.80. The SMILES string of the molecule is Cc1nn(Cc2occc2Br)c(N)c1[N+](=O)[O-]. The van der Waals surface area contributed by atoms with Crippen molar-refractivity contribution in [2.24, 2.45) is 0 Å². The van der Waals surface area contributed by atoms with Gasteiger partial charge in [0, 0.05) is 0 Å². The quantitative estimate of drug-likeness (QED) is 0.691. The third-order valence-electron chi connectivity index (χ3n) is 2.30. The predicted molar refractivity (Wildman–Crippen MR) is 63.5 cm³/mol. The van der Waals surface area contributed by atoms with Crippen LogP contribution in [0, 0.1) is 17.0 Å². The minimum Gasteiger partial charge on any atom is -0.466 e. The average Bonchev–Trinajstić information content (AvgIpc) is 2.73. The molecule has 0 amide bonds. The van der Waals surface area contributed by atoms with Gasteiger partial charge in [0.15, 0.2) is 0 Å². The summed E-state index contributed by atoms with van der Waals surface area (Å²) in [5.74, 6) is 0.630. The number of furan rings is 1. The lowest BCUT2D eigenvalue weighted by molar-refractivity contribution is -0.384. The fraction of sp³-hybridized carbons (Fsp3) is 0.222. The van der Waals surface area contributed by atoms with Crippen molar-refractivity contribution in [2.45, 2.75) is 13.5 Å². The Bertz CT molecular complexity index is 575. The van der Waals surface area contributed by atoms with Gasteiger partial charge in [0.25, 0.3) is 0 Å². The number of nitrogens with zero attached hydrogens (tertiary/aromatic N) is 3. The maximum Gasteiger partial charge on any atom is 0.333 e. The molecular weight excluding hydrogens is 292 g/mol. The van der Waals surface area contributed by atoms with Crippen LogP contribution in [0.15, 0.2) is 21.2 Å². The zero-order valence-electron chi connectivity index (χ0n) is 8.88. The number of hydrogen-bond donors (Lipinski definition) is 1. The van der Waals surface area contributed by atoms with Crippen LogP contribution in [0.25, 0.3) is 0 Å². The maximum absolute atomic E-state index is 10.8. The van der Waals surface area contributed by atoms with Crippen LogP contribution < -0.4 is 5.73 Å². The highest BCUT2D eigenvalue weighted by Crippen LogP contribution is 2.27. The Morgan fingerprint density at radius 2 is 2.41 bits per heavy atom. The van der Waals surface area contributed by atoms with Crippen molar-refractivity contribution in [3.8, 4) is 0 Å². The van der Waals surface area contributed by atoms with E-state index in [4.69, 9.17) is 10.2 Å². The molecule has 2 heterocycles. The summed E-state index contributed by atoms with van der Waals surface area (Å²) in [6, 6.07) is 1.73. The fourth-order valence-corrected chi connectivity index (χ4v) is 1.84. The Balaban J connectivity index is 2.38. The lowest BCUT2D eigenvalue weighted by atomic mass is 10.4. The van der Waals surface area contributed by atoms with Gasteiger partial charge in [-0.3, -0.25) is 10.1 Å². The van der Waals surface area contributed by atoms with Crippen LogP contribution in [0.2, 0.25) is 0 Å². The van der Waals surface area contributed by atoms with Crippen molar-refractivity contribution < 1.29 is 9.34 Å². The summed E-state index contributed by atoms with van der Waals surface area (Å²) < 4.78 is 7.32. The smallest absolute Gasteiger partial charge is 0.333 e. The molecule has 0 aliphatic heterocycles. The van der Waals surface area contributed by atoms with Crippen LogP contribution in [-0.2, 0) is 6.54 Å². The summed E-state index contributed by atoms with van der Waals surface area (Å²) in [5, 5.41) is 14.8. The molecule has 0 saturated carbocycles. The molecule has 0 saturated heterocycles. The van der Waals surface area contributed by atoms with Crippen LogP contribution in [0.1, 0.15) is 11.5 Å². The second kappa shape index (κ2) is 4.21.